The molecule has 3 amide bonds. The van der Waals surface area contributed by atoms with Crippen LogP contribution in [0.15, 0.2) is 73.8 Å². The number of rotatable bonds is 13. The molecular formula is C33H38ClN3O5S. The van der Waals surface area contributed by atoms with Gasteiger partial charge in [0.05, 0.1) is 23.2 Å². The molecule has 3 aliphatic heterocycles. The van der Waals surface area contributed by atoms with Crippen LogP contribution in [-0.2, 0) is 14.4 Å². The molecule has 3 saturated heterocycles. The summed E-state index contributed by atoms with van der Waals surface area (Å²) in [4.78, 5) is 48.2. The number of likely N-dealkylation sites (tertiary alicyclic amines) is 1. The van der Waals surface area contributed by atoms with E-state index in [0.717, 1.165) is 6.42 Å². The Balaban J connectivity index is 1.52. The van der Waals surface area contributed by atoms with Crippen LogP contribution in [0.5, 0.6) is 5.75 Å². The fourth-order valence-electron chi connectivity index (χ4n) is 6.94. The first-order chi connectivity index (χ1) is 20.8. The largest absolute Gasteiger partial charge is 0.494 e. The van der Waals surface area contributed by atoms with Crippen molar-refractivity contribution < 1.29 is 24.2 Å². The van der Waals surface area contributed by atoms with Crippen molar-refractivity contribution >= 4 is 52.5 Å². The summed E-state index contributed by atoms with van der Waals surface area (Å²) in [7, 11) is 0. The number of nitrogens with zero attached hydrogens (tertiary/aromatic N) is 3. The number of ether oxygens (including phenoxy) is 1. The minimum atomic E-state index is -0.779. The highest BCUT2D eigenvalue weighted by atomic mass is 35.5. The number of halogens is 1. The topological polar surface area (TPSA) is 90.4 Å². The van der Waals surface area contributed by atoms with E-state index < -0.39 is 22.6 Å². The Bertz CT molecular complexity index is 1370. The summed E-state index contributed by atoms with van der Waals surface area (Å²) in [6.07, 6.45) is 5.06. The first kappa shape index (κ1) is 31.2. The molecule has 10 heteroatoms. The third-order valence-electron chi connectivity index (χ3n) is 8.63. The normalized spacial score (nSPS) is 25.4. The van der Waals surface area contributed by atoms with Gasteiger partial charge in [-0.05, 0) is 74.7 Å². The van der Waals surface area contributed by atoms with Crippen molar-refractivity contribution in [3.63, 3.8) is 0 Å². The van der Waals surface area contributed by atoms with Crippen LogP contribution < -0.4 is 14.5 Å². The van der Waals surface area contributed by atoms with Crippen molar-refractivity contribution in [2.45, 2.75) is 42.2 Å². The molecule has 0 radical (unpaired) electrons. The van der Waals surface area contributed by atoms with Gasteiger partial charge in [-0.2, -0.15) is 0 Å². The zero-order chi connectivity index (χ0) is 30.7. The summed E-state index contributed by atoms with van der Waals surface area (Å²) >= 11 is 7.75. The number of thioether (sulfide) groups is 1. The molecule has 2 aromatic carbocycles. The molecule has 43 heavy (non-hydrogen) atoms. The van der Waals surface area contributed by atoms with Gasteiger partial charge in [0.15, 0.2) is 0 Å². The summed E-state index contributed by atoms with van der Waals surface area (Å²) in [6, 6.07) is 13.6. The van der Waals surface area contributed by atoms with Crippen LogP contribution in [0.2, 0.25) is 5.02 Å². The number of benzene rings is 2. The standard InChI is InChI=1S/C33H38ClN3O5S/c1-4-18-35(24-12-14-25(15-13-24)42-6-3)30(39)27-26-16-17-33(43-26)28(27)31(40)37(20-7-21-38)29(33)32(41)36(19-5-2)23-10-8-22(34)9-11-23/h4-5,8-15,26-29,38H,1-2,6-7,16-21H2,3H3/t26-,27+,28+,29?,33?/m1/s1. The molecule has 1 N–H and O–H groups in total. The summed E-state index contributed by atoms with van der Waals surface area (Å²) in [5, 5.41) is 10.1. The van der Waals surface area contributed by atoms with E-state index in [1.54, 1.807) is 62.9 Å². The van der Waals surface area contributed by atoms with Crippen molar-refractivity contribution in [1.29, 1.82) is 0 Å². The summed E-state index contributed by atoms with van der Waals surface area (Å²) in [5.41, 5.74) is 1.35. The van der Waals surface area contributed by atoms with Gasteiger partial charge in [-0.15, -0.1) is 24.9 Å². The van der Waals surface area contributed by atoms with Crippen LogP contribution in [0.3, 0.4) is 0 Å². The zero-order valence-corrected chi connectivity index (χ0v) is 25.9. The first-order valence-electron chi connectivity index (χ1n) is 14.7. The Morgan fingerprint density at radius 3 is 2.26 bits per heavy atom. The Morgan fingerprint density at radius 1 is 1.07 bits per heavy atom. The number of carbonyl (C=O) groups excluding carboxylic acids is 3. The number of amides is 3. The fraction of sp³-hybridized carbons (Fsp3) is 0.424. The number of carbonyl (C=O) groups is 3. The third-order valence-corrected chi connectivity index (χ3v) is 10.8. The van der Waals surface area contributed by atoms with Crippen molar-refractivity contribution in [1.82, 2.24) is 4.90 Å². The van der Waals surface area contributed by atoms with E-state index in [2.05, 4.69) is 13.2 Å². The molecule has 3 aliphatic rings. The van der Waals surface area contributed by atoms with Crippen molar-refractivity contribution in [2.75, 3.05) is 42.6 Å². The second-order valence-electron chi connectivity index (χ2n) is 11.0. The number of hydrogen-bond donors (Lipinski definition) is 1. The van der Waals surface area contributed by atoms with E-state index in [9.17, 15) is 19.5 Å². The second kappa shape index (κ2) is 13.2. The molecule has 5 atom stereocenters. The van der Waals surface area contributed by atoms with Crippen LogP contribution in [0.25, 0.3) is 0 Å². The number of fused-ring (bicyclic) bond motifs is 1. The lowest BCUT2D eigenvalue weighted by molar-refractivity contribution is -0.139. The summed E-state index contributed by atoms with van der Waals surface area (Å²) in [5.74, 6) is -1.08. The van der Waals surface area contributed by atoms with Crippen LogP contribution >= 0.6 is 23.4 Å². The van der Waals surface area contributed by atoms with E-state index in [4.69, 9.17) is 16.3 Å². The lowest BCUT2D eigenvalue weighted by Crippen LogP contribution is -2.55. The van der Waals surface area contributed by atoms with Gasteiger partial charge in [0, 0.05) is 47.9 Å². The van der Waals surface area contributed by atoms with E-state index in [0.29, 0.717) is 41.6 Å². The summed E-state index contributed by atoms with van der Waals surface area (Å²) < 4.78 is 4.83. The molecule has 228 valence electrons. The second-order valence-corrected chi connectivity index (χ2v) is 13.1. The third kappa shape index (κ3) is 5.58. The minimum Gasteiger partial charge on any atom is -0.494 e. The SMILES string of the molecule is C=CCN(C(=O)C1N(CCCO)C(=O)[C@@H]2[C@@H](C(=O)N(CC=C)c3ccc(OCC)cc3)[C@H]3CCC12S3)c1ccc(Cl)cc1. The number of aliphatic hydroxyl groups is 1. The highest BCUT2D eigenvalue weighted by Gasteiger charge is 2.74. The molecule has 1 spiro atoms. The Morgan fingerprint density at radius 2 is 1.67 bits per heavy atom. The van der Waals surface area contributed by atoms with Crippen LogP contribution in [-0.4, -0.2) is 76.6 Å². The van der Waals surface area contributed by atoms with Gasteiger partial charge in [-0.25, -0.2) is 0 Å². The maximum atomic E-state index is 14.5. The zero-order valence-electron chi connectivity index (χ0n) is 24.4. The van der Waals surface area contributed by atoms with E-state index in [1.165, 1.54) is 0 Å². The molecule has 8 nitrogen and oxygen atoms in total. The molecule has 2 unspecified atom stereocenters. The van der Waals surface area contributed by atoms with Gasteiger partial charge in [-0.1, -0.05) is 23.8 Å². The molecule has 2 bridgehead atoms. The van der Waals surface area contributed by atoms with Gasteiger partial charge in [0.25, 0.3) is 5.91 Å². The average Bonchev–Trinajstić information content (AvgIpc) is 3.65. The molecule has 0 aromatic heterocycles. The molecular weight excluding hydrogens is 586 g/mol. The monoisotopic (exact) mass is 623 g/mol. The van der Waals surface area contributed by atoms with Gasteiger partial charge in [-0.3, -0.25) is 14.4 Å². The van der Waals surface area contributed by atoms with Gasteiger partial charge in [0.2, 0.25) is 11.8 Å². The van der Waals surface area contributed by atoms with E-state index >= 15 is 0 Å². The molecule has 0 saturated carbocycles. The maximum absolute atomic E-state index is 14.5. The lowest BCUT2D eigenvalue weighted by atomic mass is 9.70. The maximum Gasteiger partial charge on any atom is 0.251 e. The predicted octanol–water partition coefficient (Wildman–Crippen LogP) is 4.95. The smallest absolute Gasteiger partial charge is 0.251 e. The number of hydrogen-bond acceptors (Lipinski definition) is 6. The van der Waals surface area contributed by atoms with E-state index in [1.807, 2.05) is 31.2 Å². The van der Waals surface area contributed by atoms with Crippen molar-refractivity contribution in [3.8, 4) is 5.75 Å². The van der Waals surface area contributed by atoms with E-state index in [-0.39, 0.29) is 49.2 Å². The molecule has 0 aliphatic carbocycles. The van der Waals surface area contributed by atoms with Crippen molar-refractivity contribution in [2.24, 2.45) is 11.8 Å². The number of anilines is 2. The molecule has 5 rings (SSSR count). The van der Waals surface area contributed by atoms with Gasteiger partial charge < -0.3 is 24.5 Å². The van der Waals surface area contributed by atoms with Crippen LogP contribution in [0, 0.1) is 11.8 Å². The predicted molar refractivity (Wildman–Crippen MR) is 172 cm³/mol. The molecule has 3 heterocycles. The Kier molecular flexibility index (Phi) is 9.54. The fourth-order valence-corrected chi connectivity index (χ4v) is 9.27. The Labute approximate surface area is 262 Å². The summed E-state index contributed by atoms with van der Waals surface area (Å²) in [6.45, 7) is 10.8. The molecule has 2 aromatic rings. The quantitative estimate of drug-likeness (QED) is 0.318. The Hall–Kier alpha value is -3.27. The van der Waals surface area contributed by atoms with Crippen molar-refractivity contribution in [3.05, 3.63) is 78.9 Å². The first-order valence-corrected chi connectivity index (χ1v) is 16.0. The van der Waals surface area contributed by atoms with Crippen LogP contribution in [0.1, 0.15) is 26.2 Å². The minimum absolute atomic E-state index is 0.0878. The van der Waals surface area contributed by atoms with Gasteiger partial charge >= 0.3 is 0 Å². The highest BCUT2D eigenvalue weighted by Crippen LogP contribution is 2.66. The number of aliphatic hydroxyl groups excluding tert-OH is 1. The highest BCUT2D eigenvalue weighted by molar-refractivity contribution is 8.02. The van der Waals surface area contributed by atoms with Gasteiger partial charge in [0.1, 0.15) is 11.8 Å². The van der Waals surface area contributed by atoms with Crippen LogP contribution in [0.4, 0.5) is 11.4 Å². The lowest BCUT2D eigenvalue weighted by Gasteiger charge is -2.37. The molecule has 3 fully saturated rings. The average molecular weight is 624 g/mol.